The summed E-state index contributed by atoms with van der Waals surface area (Å²) in [6.45, 7) is 5.03. The molecule has 154 valence electrons. The molecule has 0 unspecified atom stereocenters. The Labute approximate surface area is 175 Å². The minimum atomic E-state index is 0.187. The highest BCUT2D eigenvalue weighted by molar-refractivity contribution is 5.79. The Bertz CT molecular complexity index is 1030. The molecular formula is C23H25N5O2. The number of aromatic nitrogens is 3. The third-order valence-corrected chi connectivity index (χ3v) is 5.77. The van der Waals surface area contributed by atoms with Gasteiger partial charge in [-0.1, -0.05) is 35.0 Å². The third-order valence-electron chi connectivity index (χ3n) is 5.77. The minimum absolute atomic E-state index is 0.187. The van der Waals surface area contributed by atoms with E-state index in [1.165, 1.54) is 5.56 Å². The maximum atomic E-state index is 12.6. The van der Waals surface area contributed by atoms with Gasteiger partial charge in [-0.2, -0.15) is 4.98 Å². The molecule has 0 bridgehead atoms. The molecule has 7 nitrogen and oxygen atoms in total. The Kier molecular flexibility index (Phi) is 4.94. The van der Waals surface area contributed by atoms with Crippen molar-refractivity contribution in [2.45, 2.75) is 32.1 Å². The van der Waals surface area contributed by atoms with Crippen LogP contribution >= 0.6 is 0 Å². The number of rotatable bonds is 5. The number of anilines is 1. The molecule has 1 aliphatic heterocycles. The van der Waals surface area contributed by atoms with Gasteiger partial charge in [-0.3, -0.25) is 4.79 Å². The van der Waals surface area contributed by atoms with Crippen LogP contribution in [0.3, 0.4) is 0 Å². The Hall–Kier alpha value is -3.22. The summed E-state index contributed by atoms with van der Waals surface area (Å²) in [5.41, 5.74) is 3.12. The Morgan fingerprint density at radius 2 is 1.97 bits per heavy atom. The van der Waals surface area contributed by atoms with Gasteiger partial charge in [0.1, 0.15) is 5.82 Å². The van der Waals surface area contributed by atoms with Gasteiger partial charge in [0.2, 0.25) is 17.6 Å². The Morgan fingerprint density at radius 1 is 1.13 bits per heavy atom. The quantitative estimate of drug-likeness (QED) is 0.651. The highest BCUT2D eigenvalue weighted by Crippen LogP contribution is 2.39. The van der Waals surface area contributed by atoms with Crippen molar-refractivity contribution in [3.05, 3.63) is 59.6 Å². The van der Waals surface area contributed by atoms with E-state index >= 15 is 0 Å². The van der Waals surface area contributed by atoms with Crippen molar-refractivity contribution in [3.63, 3.8) is 0 Å². The van der Waals surface area contributed by atoms with Crippen LogP contribution in [0.1, 0.15) is 35.8 Å². The number of aryl methyl sites for hydroxylation is 1. The zero-order chi connectivity index (χ0) is 20.5. The summed E-state index contributed by atoms with van der Waals surface area (Å²) in [5, 5.41) is 4.08. The molecule has 1 amide bonds. The van der Waals surface area contributed by atoms with Gasteiger partial charge in [0, 0.05) is 43.9 Å². The highest BCUT2D eigenvalue weighted by Gasteiger charge is 2.30. The zero-order valence-electron chi connectivity index (χ0n) is 17.1. The van der Waals surface area contributed by atoms with Crippen LogP contribution in [-0.4, -0.2) is 52.1 Å². The average Bonchev–Trinajstić information content (AvgIpc) is 3.51. The number of piperazine rings is 1. The van der Waals surface area contributed by atoms with E-state index in [2.05, 4.69) is 39.1 Å². The van der Waals surface area contributed by atoms with Crippen LogP contribution in [0, 0.1) is 6.92 Å². The van der Waals surface area contributed by atoms with Crippen LogP contribution < -0.4 is 4.90 Å². The summed E-state index contributed by atoms with van der Waals surface area (Å²) in [7, 11) is 0. The number of benzene rings is 1. The van der Waals surface area contributed by atoms with Gasteiger partial charge in [-0.25, -0.2) is 4.98 Å². The predicted octanol–water partition coefficient (Wildman–Crippen LogP) is 3.21. The molecule has 0 N–H and O–H groups in total. The van der Waals surface area contributed by atoms with Crippen LogP contribution in [0.15, 0.2) is 47.1 Å². The van der Waals surface area contributed by atoms with E-state index in [9.17, 15) is 4.79 Å². The van der Waals surface area contributed by atoms with Crippen molar-refractivity contribution in [3.8, 4) is 11.4 Å². The van der Waals surface area contributed by atoms with E-state index in [0.717, 1.165) is 48.8 Å². The third kappa shape index (κ3) is 4.06. The van der Waals surface area contributed by atoms with E-state index in [4.69, 9.17) is 4.52 Å². The molecule has 2 aliphatic rings. The van der Waals surface area contributed by atoms with E-state index in [-0.39, 0.29) is 5.91 Å². The molecule has 3 aromatic rings. The molecule has 0 atom stereocenters. The van der Waals surface area contributed by atoms with Gasteiger partial charge in [0.25, 0.3) is 0 Å². The number of hydrogen-bond acceptors (Lipinski definition) is 6. The molecule has 30 heavy (non-hydrogen) atoms. The first-order valence-corrected chi connectivity index (χ1v) is 10.5. The smallest absolute Gasteiger partial charge is 0.230 e. The number of carbonyl (C=O) groups is 1. The summed E-state index contributed by atoms with van der Waals surface area (Å²) in [6.07, 6.45) is 4.53. The molecule has 7 heteroatoms. The summed E-state index contributed by atoms with van der Waals surface area (Å²) < 4.78 is 5.34. The normalized spacial score (nSPS) is 16.7. The van der Waals surface area contributed by atoms with Crippen molar-refractivity contribution in [2.24, 2.45) is 0 Å². The van der Waals surface area contributed by atoms with Gasteiger partial charge in [0.05, 0.1) is 6.42 Å². The van der Waals surface area contributed by atoms with Crippen LogP contribution in [0.2, 0.25) is 0 Å². The predicted molar refractivity (Wildman–Crippen MR) is 113 cm³/mol. The number of nitrogens with zero attached hydrogens (tertiary/aromatic N) is 5. The molecular weight excluding hydrogens is 378 g/mol. The SMILES string of the molecule is Cc1cccc(CC(=O)N2CCN(c3ccc(-c4noc(C5CC5)n4)cn3)CC2)c1. The number of carbonyl (C=O) groups excluding carboxylic acids is 1. The second-order valence-corrected chi connectivity index (χ2v) is 8.17. The van der Waals surface area contributed by atoms with Gasteiger partial charge in [0.15, 0.2) is 0 Å². The van der Waals surface area contributed by atoms with Crippen molar-refractivity contribution in [1.29, 1.82) is 0 Å². The monoisotopic (exact) mass is 403 g/mol. The van der Waals surface area contributed by atoms with Crippen molar-refractivity contribution < 1.29 is 9.32 Å². The molecule has 0 radical (unpaired) electrons. The molecule has 1 saturated heterocycles. The largest absolute Gasteiger partial charge is 0.353 e. The molecule has 3 heterocycles. The first-order valence-electron chi connectivity index (χ1n) is 10.5. The van der Waals surface area contributed by atoms with Crippen molar-refractivity contribution in [2.75, 3.05) is 31.1 Å². The fraction of sp³-hybridized carbons (Fsp3) is 0.391. The van der Waals surface area contributed by atoms with Crippen LogP contribution in [0.4, 0.5) is 5.82 Å². The van der Waals surface area contributed by atoms with Gasteiger partial charge >= 0.3 is 0 Å². The fourth-order valence-electron chi connectivity index (χ4n) is 3.85. The maximum Gasteiger partial charge on any atom is 0.230 e. The Balaban J connectivity index is 1.17. The number of hydrogen-bond donors (Lipinski definition) is 0. The molecule has 2 fully saturated rings. The number of amides is 1. The summed E-state index contributed by atoms with van der Waals surface area (Å²) in [4.78, 5) is 25.9. The van der Waals surface area contributed by atoms with E-state index in [1.807, 2.05) is 29.2 Å². The van der Waals surface area contributed by atoms with Crippen LogP contribution in [-0.2, 0) is 11.2 Å². The lowest BCUT2D eigenvalue weighted by atomic mass is 10.1. The Morgan fingerprint density at radius 3 is 2.67 bits per heavy atom. The van der Waals surface area contributed by atoms with Crippen molar-refractivity contribution in [1.82, 2.24) is 20.0 Å². The fourth-order valence-corrected chi connectivity index (χ4v) is 3.85. The molecule has 0 spiro atoms. The second-order valence-electron chi connectivity index (χ2n) is 8.17. The van der Waals surface area contributed by atoms with Crippen molar-refractivity contribution >= 4 is 11.7 Å². The lowest BCUT2D eigenvalue weighted by Crippen LogP contribution is -2.49. The molecule has 5 rings (SSSR count). The van der Waals surface area contributed by atoms with Gasteiger partial charge < -0.3 is 14.3 Å². The first kappa shape index (κ1) is 18.8. The zero-order valence-corrected chi connectivity index (χ0v) is 17.1. The molecule has 1 aromatic carbocycles. The van der Waals surface area contributed by atoms with E-state index < -0.39 is 0 Å². The second kappa shape index (κ2) is 7.89. The average molecular weight is 403 g/mol. The molecule has 1 aliphatic carbocycles. The summed E-state index contributed by atoms with van der Waals surface area (Å²) >= 11 is 0. The minimum Gasteiger partial charge on any atom is -0.353 e. The lowest BCUT2D eigenvalue weighted by molar-refractivity contribution is -0.130. The molecule has 1 saturated carbocycles. The van der Waals surface area contributed by atoms with E-state index in [1.54, 1.807) is 6.20 Å². The highest BCUT2D eigenvalue weighted by atomic mass is 16.5. The van der Waals surface area contributed by atoms with Gasteiger partial charge in [-0.15, -0.1) is 0 Å². The topological polar surface area (TPSA) is 75.4 Å². The van der Waals surface area contributed by atoms with Crippen LogP contribution in [0.25, 0.3) is 11.4 Å². The maximum absolute atomic E-state index is 12.6. The summed E-state index contributed by atoms with van der Waals surface area (Å²) in [5.74, 6) is 2.88. The number of pyridine rings is 1. The first-order chi connectivity index (χ1) is 14.7. The van der Waals surface area contributed by atoms with Crippen LogP contribution in [0.5, 0.6) is 0 Å². The molecule has 2 aromatic heterocycles. The van der Waals surface area contributed by atoms with E-state index in [0.29, 0.717) is 31.3 Å². The standard InChI is InChI=1S/C23H25N5O2/c1-16-3-2-4-17(13-16)14-21(29)28-11-9-27(10-12-28)20-8-7-19(15-24-20)22-25-23(30-26-22)18-5-6-18/h2-4,7-8,13,15,18H,5-6,9-12,14H2,1H3. The lowest BCUT2D eigenvalue weighted by Gasteiger charge is -2.35. The summed E-state index contributed by atoms with van der Waals surface area (Å²) in [6, 6.07) is 12.1. The van der Waals surface area contributed by atoms with Gasteiger partial charge in [-0.05, 0) is 37.5 Å².